The highest BCUT2D eigenvalue weighted by Gasteiger charge is 2.48. The van der Waals surface area contributed by atoms with Crippen LogP contribution in [0, 0.1) is 0 Å². The van der Waals surface area contributed by atoms with Crippen molar-refractivity contribution < 1.29 is 24.2 Å². The molecule has 4 rings (SSSR count). The summed E-state index contributed by atoms with van der Waals surface area (Å²) in [4.78, 5) is 31.6. The van der Waals surface area contributed by atoms with Crippen LogP contribution in [0.5, 0.6) is 11.5 Å². The molecule has 0 spiro atoms. The number of aliphatic hydroxyl groups excluding tert-OH is 1. The molecule has 1 aliphatic rings. The number of hydrogen-bond donors (Lipinski definition) is 1. The first-order chi connectivity index (χ1) is 15.5. The van der Waals surface area contributed by atoms with Gasteiger partial charge in [0.2, 0.25) is 0 Å². The van der Waals surface area contributed by atoms with E-state index in [0.717, 1.165) is 0 Å². The molecule has 1 saturated heterocycles. The highest BCUT2D eigenvalue weighted by atomic mass is 32.1. The smallest absolute Gasteiger partial charge is 0.301 e. The fraction of sp³-hybridized carbons (Fsp3) is 0.125. The van der Waals surface area contributed by atoms with Crippen LogP contribution in [0.1, 0.15) is 17.2 Å². The first-order valence-electron chi connectivity index (χ1n) is 9.73. The molecule has 8 heteroatoms. The average molecular weight is 449 g/mol. The molecule has 0 aliphatic carbocycles. The van der Waals surface area contributed by atoms with Gasteiger partial charge in [-0.05, 0) is 29.8 Å². The predicted octanol–water partition coefficient (Wildman–Crippen LogP) is 4.34. The van der Waals surface area contributed by atoms with Crippen molar-refractivity contribution in [2.45, 2.75) is 6.04 Å². The molecule has 1 N–H and O–H groups in total. The molecule has 2 heterocycles. The topological polar surface area (TPSA) is 89.0 Å². The van der Waals surface area contributed by atoms with E-state index in [9.17, 15) is 14.7 Å². The lowest BCUT2D eigenvalue weighted by Crippen LogP contribution is -2.29. The summed E-state index contributed by atoms with van der Waals surface area (Å²) in [5, 5.41) is 13.2. The Kier molecular flexibility index (Phi) is 6.04. The Morgan fingerprint density at radius 2 is 2.00 bits per heavy atom. The number of benzene rings is 2. The fourth-order valence-corrected chi connectivity index (χ4v) is 4.17. The van der Waals surface area contributed by atoms with Gasteiger partial charge in [0.05, 0.1) is 18.7 Å². The number of amides is 1. The summed E-state index contributed by atoms with van der Waals surface area (Å²) in [7, 11) is 1.51. The van der Waals surface area contributed by atoms with E-state index in [1.54, 1.807) is 66.2 Å². The van der Waals surface area contributed by atoms with Gasteiger partial charge in [0.25, 0.3) is 5.78 Å². The number of carbonyl (C=O) groups is 2. The number of aromatic nitrogens is 1. The molecule has 1 fully saturated rings. The number of ether oxygens (including phenoxy) is 2. The van der Waals surface area contributed by atoms with E-state index >= 15 is 0 Å². The highest BCUT2D eigenvalue weighted by molar-refractivity contribution is 7.14. The van der Waals surface area contributed by atoms with Crippen molar-refractivity contribution in [2.24, 2.45) is 0 Å². The van der Waals surface area contributed by atoms with Crippen LogP contribution in [0.2, 0.25) is 0 Å². The lowest BCUT2D eigenvalue weighted by molar-refractivity contribution is -0.132. The summed E-state index contributed by atoms with van der Waals surface area (Å²) in [6.07, 6.45) is 3.20. The number of rotatable bonds is 7. The first kappa shape index (κ1) is 21.3. The molecule has 1 unspecified atom stereocenters. The van der Waals surface area contributed by atoms with E-state index in [1.807, 2.05) is 0 Å². The van der Waals surface area contributed by atoms with Crippen molar-refractivity contribution in [2.75, 3.05) is 18.6 Å². The molecule has 0 radical (unpaired) electrons. The zero-order valence-electron chi connectivity index (χ0n) is 17.2. The Labute approximate surface area is 188 Å². The van der Waals surface area contributed by atoms with Crippen molar-refractivity contribution in [3.63, 3.8) is 0 Å². The van der Waals surface area contributed by atoms with Crippen LogP contribution < -0.4 is 14.4 Å². The van der Waals surface area contributed by atoms with Gasteiger partial charge in [0.1, 0.15) is 23.9 Å². The van der Waals surface area contributed by atoms with E-state index in [-0.39, 0.29) is 11.3 Å². The summed E-state index contributed by atoms with van der Waals surface area (Å²) >= 11 is 1.24. The van der Waals surface area contributed by atoms with E-state index in [1.165, 1.54) is 23.3 Å². The molecule has 1 atom stereocenters. The van der Waals surface area contributed by atoms with Gasteiger partial charge < -0.3 is 14.6 Å². The molecule has 0 saturated carbocycles. The maximum atomic E-state index is 13.1. The molecule has 3 aromatic rings. The highest BCUT2D eigenvalue weighted by Crippen LogP contribution is 2.43. The van der Waals surface area contributed by atoms with Gasteiger partial charge in [-0.15, -0.1) is 11.3 Å². The van der Waals surface area contributed by atoms with Crippen LogP contribution in [0.4, 0.5) is 5.13 Å². The maximum absolute atomic E-state index is 13.1. The second-order valence-electron chi connectivity index (χ2n) is 6.88. The van der Waals surface area contributed by atoms with Crippen molar-refractivity contribution in [1.29, 1.82) is 0 Å². The van der Waals surface area contributed by atoms with Gasteiger partial charge in [0, 0.05) is 17.1 Å². The lowest BCUT2D eigenvalue weighted by Gasteiger charge is -2.23. The summed E-state index contributed by atoms with van der Waals surface area (Å²) in [6, 6.07) is 12.8. The first-order valence-corrected chi connectivity index (χ1v) is 10.6. The van der Waals surface area contributed by atoms with Crippen molar-refractivity contribution in [3.8, 4) is 11.5 Å². The molecule has 2 aromatic carbocycles. The largest absolute Gasteiger partial charge is 0.507 e. The molecular weight excluding hydrogens is 428 g/mol. The number of Topliss-reactive ketones (excluding diaryl/α,β-unsaturated/α-hetero) is 1. The molecule has 1 aromatic heterocycles. The van der Waals surface area contributed by atoms with E-state index in [2.05, 4.69) is 11.6 Å². The number of hydrogen-bond acceptors (Lipinski definition) is 7. The third-order valence-electron chi connectivity index (χ3n) is 4.98. The number of anilines is 1. The maximum Gasteiger partial charge on any atom is 0.301 e. The Morgan fingerprint density at radius 1 is 1.22 bits per heavy atom. The number of nitrogens with zero attached hydrogens (tertiary/aromatic N) is 2. The molecule has 0 bridgehead atoms. The Balaban J connectivity index is 1.86. The van der Waals surface area contributed by atoms with Crippen LogP contribution in [0.3, 0.4) is 0 Å². The Hall–Kier alpha value is -3.91. The third kappa shape index (κ3) is 3.88. The molecular formula is C24H20N2O5S. The van der Waals surface area contributed by atoms with Gasteiger partial charge in [-0.25, -0.2) is 4.98 Å². The van der Waals surface area contributed by atoms with Gasteiger partial charge in [-0.1, -0.05) is 36.9 Å². The lowest BCUT2D eigenvalue weighted by atomic mass is 9.95. The normalized spacial score (nSPS) is 17.4. The Bertz CT molecular complexity index is 1190. The number of aliphatic hydroxyl groups is 1. The molecule has 1 amide bonds. The van der Waals surface area contributed by atoms with E-state index in [4.69, 9.17) is 9.47 Å². The minimum atomic E-state index is -0.846. The fourth-order valence-electron chi connectivity index (χ4n) is 3.51. The van der Waals surface area contributed by atoms with Crippen LogP contribution in [0.15, 0.2) is 78.3 Å². The van der Waals surface area contributed by atoms with Crippen molar-refractivity contribution in [1.82, 2.24) is 4.98 Å². The molecule has 1 aliphatic heterocycles. The Morgan fingerprint density at radius 3 is 2.66 bits per heavy atom. The summed E-state index contributed by atoms with van der Waals surface area (Å²) in [6.45, 7) is 3.98. The van der Waals surface area contributed by atoms with Gasteiger partial charge in [-0.3, -0.25) is 14.5 Å². The van der Waals surface area contributed by atoms with Crippen molar-refractivity contribution in [3.05, 3.63) is 89.5 Å². The zero-order valence-corrected chi connectivity index (χ0v) is 18.0. The summed E-state index contributed by atoms with van der Waals surface area (Å²) < 4.78 is 10.8. The minimum absolute atomic E-state index is 0.0155. The van der Waals surface area contributed by atoms with Crippen LogP contribution >= 0.6 is 11.3 Å². The van der Waals surface area contributed by atoms with Gasteiger partial charge in [0.15, 0.2) is 5.13 Å². The second kappa shape index (κ2) is 9.07. The number of carbonyl (C=O) groups excluding carboxylic acids is 2. The van der Waals surface area contributed by atoms with Crippen LogP contribution in [-0.4, -0.2) is 35.5 Å². The van der Waals surface area contributed by atoms with Crippen LogP contribution in [-0.2, 0) is 9.59 Å². The van der Waals surface area contributed by atoms with Gasteiger partial charge in [-0.2, -0.15) is 0 Å². The number of methoxy groups -OCH3 is 1. The van der Waals surface area contributed by atoms with Crippen molar-refractivity contribution >= 4 is 33.9 Å². The zero-order chi connectivity index (χ0) is 22.7. The molecule has 162 valence electrons. The quantitative estimate of drug-likeness (QED) is 0.250. The SMILES string of the molecule is C=CCOc1ccc(C2C(=C(O)c3cccc(OC)c3)C(=O)C(=O)N2c2nccs2)cc1. The molecule has 7 nitrogen and oxygen atoms in total. The molecule has 32 heavy (non-hydrogen) atoms. The predicted molar refractivity (Wildman–Crippen MR) is 122 cm³/mol. The average Bonchev–Trinajstić information content (AvgIpc) is 3.44. The van der Waals surface area contributed by atoms with Crippen LogP contribution in [0.25, 0.3) is 5.76 Å². The summed E-state index contributed by atoms with van der Waals surface area (Å²) in [5.41, 5.74) is 0.991. The number of thiazole rings is 1. The monoisotopic (exact) mass is 448 g/mol. The second-order valence-corrected chi connectivity index (χ2v) is 7.76. The summed E-state index contributed by atoms with van der Waals surface area (Å²) in [5.74, 6) is -0.673. The minimum Gasteiger partial charge on any atom is -0.507 e. The van der Waals surface area contributed by atoms with E-state index in [0.29, 0.717) is 34.4 Å². The number of ketones is 1. The third-order valence-corrected chi connectivity index (χ3v) is 5.75. The standard InChI is InChI=1S/C24H20N2O5S/c1-3-12-31-17-9-7-15(8-10-17)20-19(21(27)16-5-4-6-18(14-16)30-2)22(28)23(29)26(20)24-25-11-13-32-24/h3-11,13-14,20,27H,1,12H2,2H3. The van der Waals surface area contributed by atoms with E-state index < -0.39 is 17.7 Å². The van der Waals surface area contributed by atoms with Gasteiger partial charge >= 0.3 is 5.91 Å².